The summed E-state index contributed by atoms with van der Waals surface area (Å²) in [6, 6.07) is 9.76. The maximum Gasteiger partial charge on any atom is 0.416 e. The number of hydrogen-bond donors (Lipinski definition) is 1. The van der Waals surface area contributed by atoms with Gasteiger partial charge in [0.05, 0.1) is 29.7 Å². The fraction of sp³-hybridized carbons (Fsp3) is 0.409. The number of ether oxygens (including phenoxy) is 1. The molecule has 2 aromatic carbocycles. The largest absolute Gasteiger partial charge is 0.416 e. The summed E-state index contributed by atoms with van der Waals surface area (Å²) in [5, 5.41) is 2.75. The Morgan fingerprint density at radius 3 is 2.34 bits per heavy atom. The van der Waals surface area contributed by atoms with Gasteiger partial charge in [0.15, 0.2) is 0 Å². The van der Waals surface area contributed by atoms with Crippen LogP contribution in [0, 0.1) is 5.92 Å². The summed E-state index contributed by atoms with van der Waals surface area (Å²) in [7, 11) is -3.79. The van der Waals surface area contributed by atoms with Crippen LogP contribution in [0.5, 0.6) is 0 Å². The summed E-state index contributed by atoms with van der Waals surface area (Å²) in [6.45, 7) is 4.61. The molecule has 2 aromatic rings. The second-order valence-corrected chi connectivity index (χ2v) is 9.80. The number of sulfonamides is 1. The van der Waals surface area contributed by atoms with Gasteiger partial charge < -0.3 is 10.1 Å². The Bertz CT molecular complexity index is 1060. The number of benzene rings is 2. The van der Waals surface area contributed by atoms with E-state index in [1.807, 2.05) is 0 Å². The van der Waals surface area contributed by atoms with E-state index in [1.165, 1.54) is 40.7 Å². The van der Waals surface area contributed by atoms with Gasteiger partial charge in [-0.25, -0.2) is 8.42 Å². The van der Waals surface area contributed by atoms with Crippen LogP contribution < -0.4 is 5.32 Å². The molecule has 1 amide bonds. The molecule has 0 radical (unpaired) electrons. The molecule has 0 spiro atoms. The molecule has 1 unspecified atom stereocenters. The minimum absolute atomic E-state index is 0.0211. The van der Waals surface area contributed by atoms with Crippen LogP contribution >= 0.6 is 0 Å². The normalized spacial score (nSPS) is 16.7. The number of rotatable bonds is 6. The van der Waals surface area contributed by atoms with E-state index in [4.69, 9.17) is 4.74 Å². The van der Waals surface area contributed by atoms with E-state index in [-0.39, 0.29) is 29.5 Å². The molecule has 1 saturated heterocycles. The van der Waals surface area contributed by atoms with Gasteiger partial charge in [-0.1, -0.05) is 32.0 Å². The van der Waals surface area contributed by atoms with Crippen molar-refractivity contribution in [3.8, 4) is 0 Å². The van der Waals surface area contributed by atoms with Crippen molar-refractivity contribution >= 4 is 15.9 Å². The van der Waals surface area contributed by atoms with E-state index in [0.717, 1.165) is 12.1 Å². The second-order valence-electron chi connectivity index (χ2n) is 7.86. The van der Waals surface area contributed by atoms with Gasteiger partial charge in [-0.15, -0.1) is 0 Å². The summed E-state index contributed by atoms with van der Waals surface area (Å²) in [4.78, 5) is 12.9. The monoisotopic (exact) mass is 470 g/mol. The van der Waals surface area contributed by atoms with Crippen LogP contribution in [-0.2, 0) is 20.9 Å². The standard InChI is InChI=1S/C22H25F3N2O4S/c1-15(2)20(16-5-3-7-18(13-16)22(23,24)25)26-21(28)17-6-4-8-19(14-17)32(29,30)27-9-11-31-12-10-27/h3-8,13-15,20H,9-12H2,1-2H3,(H,26,28). The number of carbonyl (C=O) groups excluding carboxylic acids is 1. The fourth-order valence-electron chi connectivity index (χ4n) is 3.50. The predicted octanol–water partition coefficient (Wildman–Crippen LogP) is 3.85. The number of nitrogens with one attached hydrogen (secondary N) is 1. The second kappa shape index (κ2) is 9.60. The fourth-order valence-corrected chi connectivity index (χ4v) is 4.96. The van der Waals surface area contributed by atoms with E-state index in [9.17, 15) is 26.4 Å². The topological polar surface area (TPSA) is 75.7 Å². The van der Waals surface area contributed by atoms with Crippen molar-refractivity contribution in [2.24, 2.45) is 5.92 Å². The van der Waals surface area contributed by atoms with Crippen molar-refractivity contribution in [2.75, 3.05) is 26.3 Å². The van der Waals surface area contributed by atoms with Crippen molar-refractivity contribution in [3.05, 3.63) is 65.2 Å². The van der Waals surface area contributed by atoms with Crippen LogP contribution in [-0.4, -0.2) is 44.9 Å². The first-order valence-corrected chi connectivity index (χ1v) is 11.6. The van der Waals surface area contributed by atoms with E-state index in [1.54, 1.807) is 13.8 Å². The average molecular weight is 471 g/mol. The summed E-state index contributed by atoms with van der Waals surface area (Å²) >= 11 is 0. The lowest BCUT2D eigenvalue weighted by Gasteiger charge is -2.26. The molecule has 174 valence electrons. The van der Waals surface area contributed by atoms with Crippen LogP contribution in [0.2, 0.25) is 0 Å². The highest BCUT2D eigenvalue weighted by Crippen LogP contribution is 2.32. The van der Waals surface area contributed by atoms with Gasteiger partial charge in [0.25, 0.3) is 5.91 Å². The Kier molecular flexibility index (Phi) is 7.26. The molecule has 6 nitrogen and oxygen atoms in total. The van der Waals surface area contributed by atoms with Crippen LogP contribution in [0.3, 0.4) is 0 Å². The first kappa shape index (κ1) is 24.2. The van der Waals surface area contributed by atoms with E-state index >= 15 is 0 Å². The molecule has 0 aliphatic carbocycles. The van der Waals surface area contributed by atoms with Crippen molar-refractivity contribution < 1.29 is 31.1 Å². The van der Waals surface area contributed by atoms with Gasteiger partial charge in [-0.05, 0) is 41.8 Å². The number of nitrogens with zero attached hydrogens (tertiary/aromatic N) is 1. The molecule has 1 atom stereocenters. The molecular weight excluding hydrogens is 445 g/mol. The third-order valence-corrected chi connectivity index (χ3v) is 7.13. The minimum atomic E-state index is -4.50. The molecule has 10 heteroatoms. The quantitative estimate of drug-likeness (QED) is 0.696. The van der Waals surface area contributed by atoms with E-state index < -0.39 is 33.7 Å². The highest BCUT2D eigenvalue weighted by molar-refractivity contribution is 7.89. The lowest BCUT2D eigenvalue weighted by molar-refractivity contribution is -0.137. The van der Waals surface area contributed by atoms with Gasteiger partial charge in [0.2, 0.25) is 10.0 Å². The van der Waals surface area contributed by atoms with Gasteiger partial charge >= 0.3 is 6.18 Å². The molecule has 1 heterocycles. The third kappa shape index (κ3) is 5.48. The zero-order chi connectivity index (χ0) is 23.5. The highest BCUT2D eigenvalue weighted by atomic mass is 32.2. The molecule has 0 aromatic heterocycles. The maximum atomic E-state index is 13.1. The van der Waals surface area contributed by atoms with Crippen molar-refractivity contribution in [1.82, 2.24) is 9.62 Å². The SMILES string of the molecule is CC(C)C(NC(=O)c1cccc(S(=O)(=O)N2CCOCC2)c1)c1cccc(C(F)(F)F)c1. The van der Waals surface area contributed by atoms with Gasteiger partial charge in [-0.2, -0.15) is 17.5 Å². The highest BCUT2D eigenvalue weighted by Gasteiger charge is 2.32. The first-order valence-electron chi connectivity index (χ1n) is 10.2. The molecule has 0 bridgehead atoms. The summed E-state index contributed by atoms with van der Waals surface area (Å²) in [6.07, 6.45) is -4.50. The summed E-state index contributed by atoms with van der Waals surface area (Å²) < 4.78 is 71.6. The molecule has 1 aliphatic heterocycles. The van der Waals surface area contributed by atoms with E-state index in [0.29, 0.717) is 18.8 Å². The number of alkyl halides is 3. The maximum absolute atomic E-state index is 13.1. The lowest BCUT2D eigenvalue weighted by Crippen LogP contribution is -2.40. The predicted molar refractivity (Wildman–Crippen MR) is 113 cm³/mol. The minimum Gasteiger partial charge on any atom is -0.379 e. The van der Waals surface area contributed by atoms with Gasteiger partial charge in [-0.3, -0.25) is 4.79 Å². The number of morpholine rings is 1. The zero-order valence-corrected chi connectivity index (χ0v) is 18.5. The molecule has 1 aliphatic rings. The molecule has 32 heavy (non-hydrogen) atoms. The Balaban J connectivity index is 1.85. The number of hydrogen-bond acceptors (Lipinski definition) is 4. The van der Waals surface area contributed by atoms with Gasteiger partial charge in [0, 0.05) is 18.7 Å². The average Bonchev–Trinajstić information content (AvgIpc) is 2.77. The van der Waals surface area contributed by atoms with E-state index in [2.05, 4.69) is 5.32 Å². The van der Waals surface area contributed by atoms with Crippen molar-refractivity contribution in [3.63, 3.8) is 0 Å². The first-order chi connectivity index (χ1) is 15.0. The Labute approximate surface area is 185 Å². The number of carbonyl (C=O) groups is 1. The third-order valence-electron chi connectivity index (χ3n) is 5.23. The number of halogens is 3. The molecule has 0 saturated carbocycles. The Morgan fingerprint density at radius 1 is 1.06 bits per heavy atom. The molecular formula is C22H25F3N2O4S. The van der Waals surface area contributed by atoms with Crippen LogP contribution in [0.1, 0.15) is 41.4 Å². The van der Waals surface area contributed by atoms with Gasteiger partial charge in [0.1, 0.15) is 0 Å². The van der Waals surface area contributed by atoms with Crippen molar-refractivity contribution in [2.45, 2.75) is 31.0 Å². The summed E-state index contributed by atoms with van der Waals surface area (Å²) in [5.41, 5.74) is -0.370. The lowest BCUT2D eigenvalue weighted by atomic mass is 9.94. The molecule has 1 fully saturated rings. The van der Waals surface area contributed by atoms with Crippen LogP contribution in [0.15, 0.2) is 53.4 Å². The molecule has 1 N–H and O–H groups in total. The smallest absolute Gasteiger partial charge is 0.379 e. The zero-order valence-electron chi connectivity index (χ0n) is 17.7. The number of amides is 1. The van der Waals surface area contributed by atoms with Crippen LogP contribution in [0.4, 0.5) is 13.2 Å². The van der Waals surface area contributed by atoms with Crippen molar-refractivity contribution in [1.29, 1.82) is 0 Å². The Hall–Kier alpha value is -2.43. The molecule has 3 rings (SSSR count). The Morgan fingerprint density at radius 2 is 1.72 bits per heavy atom. The van der Waals surface area contributed by atoms with Crippen LogP contribution in [0.25, 0.3) is 0 Å². The summed E-state index contributed by atoms with van der Waals surface area (Å²) in [5.74, 6) is -0.775.